The van der Waals surface area contributed by atoms with Gasteiger partial charge in [0.15, 0.2) is 0 Å². The number of piperidine rings is 2. The highest BCUT2D eigenvalue weighted by Crippen LogP contribution is 2.44. The molecule has 0 bridgehead atoms. The summed E-state index contributed by atoms with van der Waals surface area (Å²) in [5.41, 5.74) is 5.06. The lowest BCUT2D eigenvalue weighted by atomic mass is 9.81. The highest BCUT2D eigenvalue weighted by Gasteiger charge is 2.34. The lowest BCUT2D eigenvalue weighted by Crippen LogP contribution is -2.50. The number of carbonyl (C=O) groups is 1. The van der Waals surface area contributed by atoms with Crippen LogP contribution in [0.1, 0.15) is 29.9 Å². The molecular formula is C23H26N2O2. The lowest BCUT2D eigenvalue weighted by molar-refractivity contribution is 0.0590. The summed E-state index contributed by atoms with van der Waals surface area (Å²) >= 11 is 0. The standard InChI is InChI=1S/C23H26N2O2/c26-23(25-12-10-16-9-11-24-13-17(16)14-25)27-15-22-20-7-3-1-5-18(20)19-6-2-4-8-21(19)22/h1-8,16-17,22,24H,9-15H2. The summed E-state index contributed by atoms with van der Waals surface area (Å²) < 4.78 is 5.83. The maximum Gasteiger partial charge on any atom is 0.409 e. The van der Waals surface area contributed by atoms with Crippen LogP contribution >= 0.6 is 0 Å². The summed E-state index contributed by atoms with van der Waals surface area (Å²) in [5, 5.41) is 3.46. The predicted molar refractivity (Wildman–Crippen MR) is 106 cm³/mol. The van der Waals surface area contributed by atoms with E-state index in [-0.39, 0.29) is 12.0 Å². The minimum atomic E-state index is -0.152. The SMILES string of the molecule is O=C(OCC1c2ccccc2-c2ccccc21)N1CCC2CCNCC2C1. The van der Waals surface area contributed by atoms with E-state index < -0.39 is 0 Å². The van der Waals surface area contributed by atoms with Crippen molar-refractivity contribution in [1.82, 2.24) is 10.2 Å². The zero-order chi connectivity index (χ0) is 18.2. The smallest absolute Gasteiger partial charge is 0.409 e. The highest BCUT2D eigenvalue weighted by atomic mass is 16.6. The highest BCUT2D eigenvalue weighted by molar-refractivity contribution is 5.79. The number of amides is 1. The molecule has 1 N–H and O–H groups in total. The van der Waals surface area contributed by atoms with Gasteiger partial charge in [0.05, 0.1) is 0 Å². The van der Waals surface area contributed by atoms with Crippen molar-refractivity contribution < 1.29 is 9.53 Å². The van der Waals surface area contributed by atoms with E-state index in [0.717, 1.165) is 38.5 Å². The summed E-state index contributed by atoms with van der Waals surface area (Å²) in [6, 6.07) is 16.9. The van der Waals surface area contributed by atoms with E-state index >= 15 is 0 Å². The molecule has 2 heterocycles. The van der Waals surface area contributed by atoms with Crippen molar-refractivity contribution >= 4 is 6.09 Å². The molecule has 4 heteroatoms. The predicted octanol–water partition coefficient (Wildman–Crippen LogP) is 3.87. The van der Waals surface area contributed by atoms with Gasteiger partial charge in [0, 0.05) is 19.0 Å². The number of ether oxygens (including phenoxy) is 1. The van der Waals surface area contributed by atoms with Crippen molar-refractivity contribution in [1.29, 1.82) is 0 Å². The molecule has 2 fully saturated rings. The van der Waals surface area contributed by atoms with E-state index in [1.165, 1.54) is 28.7 Å². The van der Waals surface area contributed by atoms with Crippen LogP contribution in [-0.2, 0) is 4.74 Å². The van der Waals surface area contributed by atoms with Gasteiger partial charge in [-0.25, -0.2) is 4.79 Å². The average molecular weight is 362 g/mol. The van der Waals surface area contributed by atoms with Crippen LogP contribution in [0.3, 0.4) is 0 Å². The second kappa shape index (κ2) is 7.01. The molecule has 2 aliphatic heterocycles. The molecule has 27 heavy (non-hydrogen) atoms. The van der Waals surface area contributed by atoms with Crippen molar-refractivity contribution in [3.63, 3.8) is 0 Å². The van der Waals surface area contributed by atoms with Crippen molar-refractivity contribution in [2.75, 3.05) is 32.8 Å². The fraction of sp³-hybridized carbons (Fsp3) is 0.435. The number of hydrogen-bond donors (Lipinski definition) is 1. The Morgan fingerprint density at radius 2 is 1.70 bits per heavy atom. The van der Waals surface area contributed by atoms with Crippen LogP contribution in [0.4, 0.5) is 4.79 Å². The summed E-state index contributed by atoms with van der Waals surface area (Å²) in [6.45, 7) is 4.21. The second-order valence-electron chi connectivity index (χ2n) is 8.05. The van der Waals surface area contributed by atoms with Gasteiger partial charge >= 0.3 is 6.09 Å². The third-order valence-electron chi connectivity index (χ3n) is 6.58. The van der Waals surface area contributed by atoms with Crippen LogP contribution in [-0.4, -0.2) is 43.8 Å². The molecule has 2 atom stereocenters. The number of rotatable bonds is 2. The number of nitrogens with zero attached hydrogens (tertiary/aromatic N) is 1. The summed E-state index contributed by atoms with van der Waals surface area (Å²) in [6.07, 6.45) is 2.20. The van der Waals surface area contributed by atoms with Gasteiger partial charge in [-0.2, -0.15) is 0 Å². The van der Waals surface area contributed by atoms with Gasteiger partial charge in [0.25, 0.3) is 0 Å². The maximum atomic E-state index is 12.7. The Hall–Kier alpha value is -2.33. The van der Waals surface area contributed by atoms with E-state index in [1.807, 2.05) is 4.90 Å². The number of benzene rings is 2. The number of fused-ring (bicyclic) bond motifs is 4. The van der Waals surface area contributed by atoms with Gasteiger partial charge in [-0.05, 0) is 60.0 Å². The van der Waals surface area contributed by atoms with Gasteiger partial charge < -0.3 is 15.0 Å². The molecule has 2 aromatic rings. The summed E-state index contributed by atoms with van der Waals surface area (Å²) in [5.74, 6) is 1.48. The molecule has 1 amide bonds. The third-order valence-corrected chi connectivity index (χ3v) is 6.58. The fourth-order valence-electron chi connectivity index (χ4n) is 5.12. The van der Waals surface area contributed by atoms with E-state index in [4.69, 9.17) is 4.74 Å². The fourth-order valence-corrected chi connectivity index (χ4v) is 5.12. The Balaban J connectivity index is 1.28. The molecule has 0 radical (unpaired) electrons. The Labute approximate surface area is 160 Å². The molecule has 140 valence electrons. The molecule has 0 aromatic heterocycles. The Morgan fingerprint density at radius 3 is 2.44 bits per heavy atom. The molecule has 4 nitrogen and oxygen atoms in total. The average Bonchev–Trinajstić information content (AvgIpc) is 3.05. The first-order valence-electron chi connectivity index (χ1n) is 10.1. The number of carbonyl (C=O) groups excluding carboxylic acids is 1. The topological polar surface area (TPSA) is 41.6 Å². The van der Waals surface area contributed by atoms with Crippen molar-refractivity contribution in [2.45, 2.75) is 18.8 Å². The molecule has 2 aromatic carbocycles. The zero-order valence-corrected chi connectivity index (χ0v) is 15.6. The Kier molecular flexibility index (Phi) is 4.36. The first kappa shape index (κ1) is 16.8. The van der Waals surface area contributed by atoms with Crippen LogP contribution in [0.25, 0.3) is 11.1 Å². The van der Waals surface area contributed by atoms with Crippen LogP contribution in [0.2, 0.25) is 0 Å². The number of hydrogen-bond acceptors (Lipinski definition) is 3. The van der Waals surface area contributed by atoms with Gasteiger partial charge in [-0.15, -0.1) is 0 Å². The molecule has 1 aliphatic carbocycles. The molecule has 5 rings (SSSR count). The van der Waals surface area contributed by atoms with Crippen LogP contribution in [0.5, 0.6) is 0 Å². The van der Waals surface area contributed by atoms with Crippen molar-refractivity contribution in [3.8, 4) is 11.1 Å². The monoisotopic (exact) mass is 362 g/mol. The quantitative estimate of drug-likeness (QED) is 0.882. The Bertz CT molecular complexity index is 804. The van der Waals surface area contributed by atoms with Crippen LogP contribution in [0.15, 0.2) is 48.5 Å². The summed E-state index contributed by atoms with van der Waals surface area (Å²) in [7, 11) is 0. The molecule has 0 saturated carbocycles. The molecule has 3 aliphatic rings. The Morgan fingerprint density at radius 1 is 1.00 bits per heavy atom. The van der Waals surface area contributed by atoms with Gasteiger partial charge in [0.1, 0.15) is 6.61 Å². The van der Waals surface area contributed by atoms with Gasteiger partial charge in [-0.1, -0.05) is 48.5 Å². The van der Waals surface area contributed by atoms with Gasteiger partial charge in [0.2, 0.25) is 0 Å². The minimum Gasteiger partial charge on any atom is -0.448 e. The molecule has 2 unspecified atom stereocenters. The number of nitrogens with one attached hydrogen (secondary N) is 1. The van der Waals surface area contributed by atoms with E-state index in [0.29, 0.717) is 12.5 Å². The van der Waals surface area contributed by atoms with Crippen molar-refractivity contribution in [3.05, 3.63) is 59.7 Å². The molecular weight excluding hydrogens is 336 g/mol. The molecule has 2 saturated heterocycles. The van der Waals surface area contributed by atoms with Gasteiger partial charge in [-0.3, -0.25) is 0 Å². The normalized spacial score (nSPS) is 24.1. The minimum absolute atomic E-state index is 0.134. The van der Waals surface area contributed by atoms with E-state index in [9.17, 15) is 4.79 Å². The van der Waals surface area contributed by atoms with E-state index in [1.54, 1.807) is 0 Å². The summed E-state index contributed by atoms with van der Waals surface area (Å²) in [4.78, 5) is 14.7. The van der Waals surface area contributed by atoms with Crippen molar-refractivity contribution in [2.24, 2.45) is 11.8 Å². The largest absolute Gasteiger partial charge is 0.448 e. The first-order valence-corrected chi connectivity index (χ1v) is 10.1. The zero-order valence-electron chi connectivity index (χ0n) is 15.6. The van der Waals surface area contributed by atoms with Crippen LogP contribution < -0.4 is 5.32 Å². The molecule has 0 spiro atoms. The van der Waals surface area contributed by atoms with Crippen LogP contribution in [0, 0.1) is 11.8 Å². The first-order chi connectivity index (χ1) is 13.3. The van der Waals surface area contributed by atoms with E-state index in [2.05, 4.69) is 53.8 Å². The second-order valence-corrected chi connectivity index (χ2v) is 8.05. The number of likely N-dealkylation sites (tertiary alicyclic amines) is 1. The lowest BCUT2D eigenvalue weighted by Gasteiger charge is -2.41. The third kappa shape index (κ3) is 3.02. The maximum absolute atomic E-state index is 12.7.